The average molecular weight is 607 g/mol. The van der Waals surface area contributed by atoms with Crippen molar-refractivity contribution in [2.75, 3.05) is 13.2 Å². The van der Waals surface area contributed by atoms with Crippen LogP contribution in [0.5, 0.6) is 0 Å². The molecule has 0 aromatic rings. The Labute approximate surface area is 240 Å². The van der Waals surface area contributed by atoms with Crippen LogP contribution in [0.3, 0.4) is 0 Å². The van der Waals surface area contributed by atoms with Crippen LogP contribution in [0, 0.1) is 0 Å². The van der Waals surface area contributed by atoms with Gasteiger partial charge in [0.15, 0.2) is 36.6 Å². The van der Waals surface area contributed by atoms with Gasteiger partial charge in [0.1, 0.15) is 12.7 Å². The first-order valence-corrected chi connectivity index (χ1v) is 12.7. The Morgan fingerprint density at radius 2 is 0.952 bits per heavy atom. The van der Waals surface area contributed by atoms with Crippen molar-refractivity contribution >= 4 is 41.8 Å². The molecule has 42 heavy (non-hydrogen) atoms. The second kappa shape index (κ2) is 15.4. The van der Waals surface area contributed by atoms with Crippen LogP contribution < -0.4 is 0 Å². The summed E-state index contributed by atoms with van der Waals surface area (Å²) in [5, 5.41) is 0. The Kier molecular flexibility index (Phi) is 12.6. The van der Waals surface area contributed by atoms with E-state index in [-0.39, 0.29) is 0 Å². The Morgan fingerprint density at radius 3 is 1.43 bits per heavy atom. The molecule has 0 spiro atoms. The highest BCUT2D eigenvalue weighted by molar-refractivity contribution is 5.69. The first-order chi connectivity index (χ1) is 19.6. The number of esters is 7. The van der Waals surface area contributed by atoms with Gasteiger partial charge < -0.3 is 47.4 Å². The molecule has 0 bridgehead atoms. The minimum atomic E-state index is -1.71. The largest absolute Gasteiger partial charge is 0.463 e. The summed E-state index contributed by atoms with van der Waals surface area (Å²) < 4.78 is 54.2. The van der Waals surface area contributed by atoms with Gasteiger partial charge in [-0.25, -0.2) is 0 Å². The first-order valence-electron chi connectivity index (χ1n) is 12.7. The topological polar surface area (TPSA) is 212 Å². The van der Waals surface area contributed by atoms with Gasteiger partial charge in [0.2, 0.25) is 12.6 Å². The third kappa shape index (κ3) is 10.2. The first kappa shape index (κ1) is 34.4. The summed E-state index contributed by atoms with van der Waals surface area (Å²) in [5.74, 6) is -5.74. The lowest BCUT2D eigenvalue weighted by molar-refractivity contribution is -0.366. The molecule has 0 unspecified atom stereocenters. The Balaban J connectivity index is 2.54. The van der Waals surface area contributed by atoms with Gasteiger partial charge in [-0.1, -0.05) is 0 Å². The smallest absolute Gasteiger partial charge is 0.303 e. The summed E-state index contributed by atoms with van der Waals surface area (Å²) >= 11 is 0. The molecule has 0 aliphatic carbocycles. The van der Waals surface area contributed by atoms with Gasteiger partial charge in [-0.05, 0) is 0 Å². The molecule has 2 aliphatic heterocycles. The summed E-state index contributed by atoms with van der Waals surface area (Å²) in [6.07, 6.45) is -13.5. The van der Waals surface area contributed by atoms with E-state index in [2.05, 4.69) is 0 Å². The van der Waals surface area contributed by atoms with E-state index in [1.54, 1.807) is 0 Å². The van der Waals surface area contributed by atoms with Gasteiger partial charge in [0, 0.05) is 48.5 Å². The van der Waals surface area contributed by atoms with Gasteiger partial charge in [0.25, 0.3) is 0 Å². The number of hydrogen-bond acceptors (Lipinski definition) is 17. The molecule has 9 atom stereocenters. The second-order valence-electron chi connectivity index (χ2n) is 9.20. The molecule has 17 nitrogen and oxygen atoms in total. The van der Waals surface area contributed by atoms with E-state index >= 15 is 0 Å². The molecule has 2 fully saturated rings. The van der Waals surface area contributed by atoms with Crippen molar-refractivity contribution in [2.45, 2.75) is 104 Å². The fraction of sp³-hybridized carbons (Fsp3) is 0.720. The standard InChI is InChI=1S/C25H34O17/c1-10(26)33-8-18-19(36-12(3)28)21(38-14(5)30)23(40-16(7)32)25(41-18)42-24-22(39-15(6)31)20(37-13(4)29)17(9-34-24)35-11(2)27/h17-25H,8-9H2,1-7H3/t17-,18-,19+,20+,21+,22-,23-,24+,25+/m1/s1. The Bertz CT molecular complexity index is 1040. The van der Waals surface area contributed by atoms with Crippen LogP contribution in [-0.4, -0.2) is 110 Å². The van der Waals surface area contributed by atoms with Crippen molar-refractivity contribution < 1.29 is 80.9 Å². The van der Waals surface area contributed by atoms with Crippen LogP contribution in [-0.2, 0) is 80.9 Å². The fourth-order valence-electron chi connectivity index (χ4n) is 4.26. The highest BCUT2D eigenvalue weighted by atomic mass is 16.8. The monoisotopic (exact) mass is 606 g/mol. The van der Waals surface area contributed by atoms with Gasteiger partial charge in [-0.3, -0.25) is 33.6 Å². The normalized spacial score (nSPS) is 30.6. The molecular weight excluding hydrogens is 572 g/mol. The molecule has 17 heteroatoms. The van der Waals surface area contributed by atoms with Crippen LogP contribution in [0.4, 0.5) is 0 Å². The summed E-state index contributed by atoms with van der Waals surface area (Å²) in [4.78, 5) is 83.1. The highest BCUT2D eigenvalue weighted by Gasteiger charge is 2.56. The summed E-state index contributed by atoms with van der Waals surface area (Å²) in [6.45, 7) is 6.53. The zero-order valence-electron chi connectivity index (χ0n) is 24.1. The number of carbonyl (C=O) groups excluding carboxylic acids is 7. The number of hydrogen-bond donors (Lipinski definition) is 0. The Morgan fingerprint density at radius 1 is 0.524 bits per heavy atom. The van der Waals surface area contributed by atoms with E-state index in [1.165, 1.54) is 0 Å². The van der Waals surface area contributed by atoms with Gasteiger partial charge in [-0.2, -0.15) is 0 Å². The minimum absolute atomic E-state index is 0.411. The third-order valence-corrected chi connectivity index (χ3v) is 5.52. The van der Waals surface area contributed by atoms with E-state index < -0.39 is 110 Å². The van der Waals surface area contributed by atoms with E-state index in [9.17, 15) is 33.6 Å². The van der Waals surface area contributed by atoms with Gasteiger partial charge in [0.05, 0.1) is 6.61 Å². The molecule has 0 radical (unpaired) electrons. The summed E-state index contributed by atoms with van der Waals surface area (Å²) in [6, 6.07) is 0. The van der Waals surface area contributed by atoms with Crippen LogP contribution in [0.2, 0.25) is 0 Å². The predicted molar refractivity (Wildman–Crippen MR) is 129 cm³/mol. The van der Waals surface area contributed by atoms with Crippen molar-refractivity contribution in [1.82, 2.24) is 0 Å². The zero-order chi connectivity index (χ0) is 31.7. The van der Waals surface area contributed by atoms with Crippen molar-refractivity contribution in [3.8, 4) is 0 Å². The minimum Gasteiger partial charge on any atom is -0.463 e. The molecule has 2 saturated heterocycles. The number of carbonyl (C=O) groups is 7. The SMILES string of the molecule is CC(=O)OC[C@H]1O[C@@H](O[C@@H]2OC[C@@H](OC(C)=O)[C@H](OC(C)=O)[C@H]2OC(C)=O)[C@H](OC(C)=O)[C@@H](OC(C)=O)[C@H]1OC(C)=O. The molecule has 2 aliphatic rings. The van der Waals surface area contributed by atoms with E-state index in [0.29, 0.717) is 0 Å². The molecule has 0 saturated carbocycles. The van der Waals surface area contributed by atoms with E-state index in [1.807, 2.05) is 0 Å². The molecule has 0 aromatic carbocycles. The van der Waals surface area contributed by atoms with Crippen molar-refractivity contribution in [3.63, 3.8) is 0 Å². The maximum absolute atomic E-state index is 12.1. The molecule has 0 N–H and O–H groups in total. The molecule has 2 heterocycles. The average Bonchev–Trinajstić information content (AvgIpc) is 2.83. The lowest BCUT2D eigenvalue weighted by Gasteiger charge is -2.46. The second-order valence-corrected chi connectivity index (χ2v) is 9.20. The van der Waals surface area contributed by atoms with Crippen molar-refractivity contribution in [3.05, 3.63) is 0 Å². The lowest BCUT2D eigenvalue weighted by atomic mass is 9.97. The van der Waals surface area contributed by atoms with E-state index in [0.717, 1.165) is 48.5 Å². The predicted octanol–water partition coefficient (Wildman–Crippen LogP) is -0.762. The van der Waals surface area contributed by atoms with Crippen LogP contribution in [0.15, 0.2) is 0 Å². The van der Waals surface area contributed by atoms with Crippen molar-refractivity contribution in [2.24, 2.45) is 0 Å². The van der Waals surface area contributed by atoms with E-state index in [4.69, 9.17) is 47.4 Å². The maximum Gasteiger partial charge on any atom is 0.303 e. The molecule has 0 aromatic heterocycles. The summed E-state index contributed by atoms with van der Waals surface area (Å²) in [7, 11) is 0. The van der Waals surface area contributed by atoms with Crippen molar-refractivity contribution in [1.29, 1.82) is 0 Å². The number of rotatable bonds is 10. The summed E-state index contributed by atoms with van der Waals surface area (Å²) in [5.41, 5.74) is 0. The highest BCUT2D eigenvalue weighted by Crippen LogP contribution is 2.33. The van der Waals surface area contributed by atoms with Crippen LogP contribution >= 0.6 is 0 Å². The Hall–Kier alpha value is -3.83. The molecule has 0 amide bonds. The van der Waals surface area contributed by atoms with Gasteiger partial charge in [-0.15, -0.1) is 0 Å². The quantitative estimate of drug-likeness (QED) is 0.221. The fourth-order valence-corrected chi connectivity index (χ4v) is 4.26. The zero-order valence-corrected chi connectivity index (χ0v) is 24.1. The van der Waals surface area contributed by atoms with Gasteiger partial charge >= 0.3 is 41.8 Å². The maximum atomic E-state index is 12.1. The van der Waals surface area contributed by atoms with Crippen LogP contribution in [0.25, 0.3) is 0 Å². The lowest BCUT2D eigenvalue weighted by Crippen LogP contribution is -2.65. The molecule has 236 valence electrons. The molecule has 2 rings (SSSR count). The molecular formula is C25H34O17. The third-order valence-electron chi connectivity index (χ3n) is 5.52. The number of ether oxygens (including phenoxy) is 10. The van der Waals surface area contributed by atoms with Crippen LogP contribution in [0.1, 0.15) is 48.5 Å².